The van der Waals surface area contributed by atoms with Gasteiger partial charge in [-0.2, -0.15) is 0 Å². The summed E-state index contributed by atoms with van der Waals surface area (Å²) in [6.45, 7) is 4.52. The second-order valence-corrected chi connectivity index (χ2v) is 4.91. The number of hydrogen-bond acceptors (Lipinski definition) is 4. The van der Waals surface area contributed by atoms with Crippen LogP contribution >= 0.6 is 11.6 Å². The van der Waals surface area contributed by atoms with Crippen LogP contribution in [0.5, 0.6) is 0 Å². The highest BCUT2D eigenvalue weighted by atomic mass is 35.5. The molecule has 1 rings (SSSR count). The lowest BCUT2D eigenvalue weighted by Crippen LogP contribution is -2.30. The molecule has 0 radical (unpaired) electrons. The molecular weight excluding hydrogens is 256 g/mol. The first-order chi connectivity index (χ1) is 8.41. The number of halogens is 1. The Balaban J connectivity index is 2.66. The van der Waals surface area contributed by atoms with Gasteiger partial charge in [-0.15, -0.1) is 0 Å². The third kappa shape index (κ3) is 4.25. The third-order valence-electron chi connectivity index (χ3n) is 2.68. The zero-order chi connectivity index (χ0) is 13.7. The Bertz CT molecular complexity index is 424. The normalized spacial score (nSPS) is 12.7. The van der Waals surface area contributed by atoms with Crippen molar-refractivity contribution in [3.8, 4) is 0 Å². The molecule has 0 amide bonds. The van der Waals surface area contributed by atoms with Gasteiger partial charge in [0.1, 0.15) is 0 Å². The lowest BCUT2D eigenvalue weighted by Gasteiger charge is -2.15. The summed E-state index contributed by atoms with van der Waals surface area (Å²) in [5.41, 5.74) is 0.550. The topological polar surface area (TPSA) is 75.4 Å². The maximum absolute atomic E-state index is 10.8. The van der Waals surface area contributed by atoms with E-state index in [2.05, 4.69) is 5.32 Å². The molecule has 0 fully saturated rings. The van der Waals surface area contributed by atoms with Crippen LogP contribution in [0.1, 0.15) is 19.4 Å². The Morgan fingerprint density at radius 2 is 2.17 bits per heavy atom. The van der Waals surface area contributed by atoms with Crippen molar-refractivity contribution in [2.24, 2.45) is 5.92 Å². The highest BCUT2D eigenvalue weighted by Crippen LogP contribution is 2.22. The Kier molecular flexibility index (Phi) is 5.53. The summed E-state index contributed by atoms with van der Waals surface area (Å²) in [4.78, 5) is 10.4. The average Bonchev–Trinajstić information content (AvgIpc) is 2.28. The van der Waals surface area contributed by atoms with Gasteiger partial charge in [-0.25, -0.2) is 0 Å². The molecule has 0 heterocycles. The van der Waals surface area contributed by atoms with Gasteiger partial charge < -0.3 is 10.4 Å². The molecule has 6 heteroatoms. The van der Waals surface area contributed by atoms with E-state index in [0.29, 0.717) is 23.7 Å². The van der Waals surface area contributed by atoms with Crippen molar-refractivity contribution in [3.05, 3.63) is 38.9 Å². The maximum Gasteiger partial charge on any atom is 0.273 e. The monoisotopic (exact) mass is 272 g/mol. The van der Waals surface area contributed by atoms with Crippen LogP contribution in [-0.4, -0.2) is 22.7 Å². The molecule has 0 aliphatic carbocycles. The molecular formula is C12H17ClN2O3. The number of benzene rings is 1. The molecule has 0 aliphatic rings. The van der Waals surface area contributed by atoms with E-state index in [4.69, 9.17) is 11.6 Å². The molecule has 0 saturated carbocycles. The molecule has 1 unspecified atom stereocenters. The summed E-state index contributed by atoms with van der Waals surface area (Å²) in [6, 6.07) is 4.44. The summed E-state index contributed by atoms with van der Waals surface area (Å²) in [7, 11) is 0. The summed E-state index contributed by atoms with van der Waals surface area (Å²) in [6.07, 6.45) is -0.469. The van der Waals surface area contributed by atoms with E-state index in [9.17, 15) is 15.2 Å². The van der Waals surface area contributed by atoms with Gasteiger partial charge in [-0.3, -0.25) is 10.1 Å². The predicted octanol–water partition coefficient (Wildman–Crippen LogP) is 2.35. The molecule has 0 aromatic heterocycles. The minimum atomic E-state index is -0.469. The molecule has 1 atom stereocenters. The van der Waals surface area contributed by atoms with Crippen LogP contribution in [0.25, 0.3) is 0 Å². The Hall–Kier alpha value is -1.17. The smallest absolute Gasteiger partial charge is 0.273 e. The fraction of sp³-hybridized carbons (Fsp3) is 0.500. The van der Waals surface area contributed by atoms with E-state index in [1.807, 2.05) is 13.8 Å². The number of nitro benzene ring substituents is 1. The van der Waals surface area contributed by atoms with E-state index in [1.165, 1.54) is 12.1 Å². The zero-order valence-corrected chi connectivity index (χ0v) is 11.1. The number of aliphatic hydroxyl groups excluding tert-OH is 1. The second-order valence-electron chi connectivity index (χ2n) is 4.47. The van der Waals surface area contributed by atoms with E-state index in [1.54, 1.807) is 6.07 Å². The van der Waals surface area contributed by atoms with Crippen LogP contribution in [0.2, 0.25) is 5.02 Å². The van der Waals surface area contributed by atoms with Gasteiger partial charge in [-0.1, -0.05) is 25.4 Å². The quantitative estimate of drug-likeness (QED) is 0.616. The first-order valence-electron chi connectivity index (χ1n) is 5.73. The standard InChI is InChI=1S/C12H17ClN2O3/c1-8(2)12(16)7-14-6-9-5-10(13)3-4-11(9)15(17)18/h3-5,8,12,14,16H,6-7H2,1-2H3. The second kappa shape index (κ2) is 6.68. The maximum atomic E-state index is 10.8. The largest absolute Gasteiger partial charge is 0.392 e. The molecule has 0 bridgehead atoms. The average molecular weight is 273 g/mol. The molecule has 0 spiro atoms. The van der Waals surface area contributed by atoms with Crippen molar-refractivity contribution < 1.29 is 10.0 Å². The Morgan fingerprint density at radius 1 is 1.50 bits per heavy atom. The minimum Gasteiger partial charge on any atom is -0.392 e. The summed E-state index contributed by atoms with van der Waals surface area (Å²) in [5.74, 6) is 0.145. The van der Waals surface area contributed by atoms with Gasteiger partial charge in [0.15, 0.2) is 0 Å². The summed E-state index contributed by atoms with van der Waals surface area (Å²) in [5, 5.41) is 23.9. The van der Waals surface area contributed by atoms with E-state index < -0.39 is 11.0 Å². The molecule has 5 nitrogen and oxygen atoms in total. The summed E-state index contributed by atoms with van der Waals surface area (Å²) < 4.78 is 0. The molecule has 18 heavy (non-hydrogen) atoms. The van der Waals surface area contributed by atoms with Gasteiger partial charge in [0.25, 0.3) is 5.69 Å². The first-order valence-corrected chi connectivity index (χ1v) is 6.11. The number of nitrogens with one attached hydrogen (secondary N) is 1. The van der Waals surface area contributed by atoms with Crippen LogP contribution in [0, 0.1) is 16.0 Å². The lowest BCUT2D eigenvalue weighted by atomic mass is 10.1. The third-order valence-corrected chi connectivity index (χ3v) is 2.91. The predicted molar refractivity (Wildman–Crippen MR) is 70.7 cm³/mol. The van der Waals surface area contributed by atoms with Crippen LogP contribution in [0.3, 0.4) is 0 Å². The van der Waals surface area contributed by atoms with Gasteiger partial charge in [0.05, 0.1) is 11.0 Å². The van der Waals surface area contributed by atoms with Gasteiger partial charge in [-0.05, 0) is 18.1 Å². The van der Waals surface area contributed by atoms with Crippen LogP contribution in [0.4, 0.5) is 5.69 Å². The van der Waals surface area contributed by atoms with E-state index in [-0.39, 0.29) is 11.6 Å². The van der Waals surface area contributed by atoms with Gasteiger partial charge in [0, 0.05) is 29.7 Å². The molecule has 100 valence electrons. The highest BCUT2D eigenvalue weighted by molar-refractivity contribution is 6.30. The van der Waals surface area contributed by atoms with Crippen molar-refractivity contribution >= 4 is 17.3 Å². The molecule has 2 N–H and O–H groups in total. The fourth-order valence-corrected chi connectivity index (χ4v) is 1.66. The summed E-state index contributed by atoms with van der Waals surface area (Å²) >= 11 is 5.81. The van der Waals surface area contributed by atoms with Crippen LogP contribution < -0.4 is 5.32 Å². The van der Waals surface area contributed by atoms with Crippen LogP contribution in [0.15, 0.2) is 18.2 Å². The van der Waals surface area contributed by atoms with Crippen molar-refractivity contribution in [2.75, 3.05) is 6.54 Å². The fourth-order valence-electron chi connectivity index (χ4n) is 1.46. The van der Waals surface area contributed by atoms with Gasteiger partial charge in [0.2, 0.25) is 0 Å². The highest BCUT2D eigenvalue weighted by Gasteiger charge is 2.14. The number of rotatable bonds is 6. The molecule has 0 aliphatic heterocycles. The van der Waals surface area contributed by atoms with Crippen molar-refractivity contribution in [2.45, 2.75) is 26.5 Å². The Morgan fingerprint density at radius 3 is 2.72 bits per heavy atom. The number of nitro groups is 1. The molecule has 0 saturated heterocycles. The number of hydrogen-bond donors (Lipinski definition) is 2. The first kappa shape index (κ1) is 14.9. The van der Waals surface area contributed by atoms with Crippen molar-refractivity contribution in [1.82, 2.24) is 5.32 Å². The van der Waals surface area contributed by atoms with E-state index in [0.717, 1.165) is 0 Å². The van der Waals surface area contributed by atoms with Crippen LogP contribution in [-0.2, 0) is 6.54 Å². The van der Waals surface area contributed by atoms with Crippen molar-refractivity contribution in [1.29, 1.82) is 0 Å². The number of nitrogens with zero attached hydrogens (tertiary/aromatic N) is 1. The van der Waals surface area contributed by atoms with Gasteiger partial charge >= 0.3 is 0 Å². The Labute approximate surface area is 111 Å². The zero-order valence-electron chi connectivity index (χ0n) is 10.4. The lowest BCUT2D eigenvalue weighted by molar-refractivity contribution is -0.385. The SMILES string of the molecule is CC(C)C(O)CNCc1cc(Cl)ccc1[N+](=O)[O-]. The minimum absolute atomic E-state index is 0.0333. The molecule has 1 aromatic carbocycles. The number of aliphatic hydroxyl groups is 1. The van der Waals surface area contributed by atoms with Crippen molar-refractivity contribution in [3.63, 3.8) is 0 Å². The molecule has 1 aromatic rings. The van der Waals surface area contributed by atoms with E-state index >= 15 is 0 Å².